The molecule has 0 atom stereocenters. The van der Waals surface area contributed by atoms with E-state index in [1.54, 1.807) is 36.4 Å². The number of carbonyl (C=O) groups is 2. The fourth-order valence-corrected chi connectivity index (χ4v) is 7.30. The minimum atomic E-state index is -0.210. The average Bonchev–Trinajstić information content (AvgIpc) is 3.15. The predicted molar refractivity (Wildman–Crippen MR) is 232 cm³/mol. The number of amides is 2. The number of quaternary nitrogens is 1. The third-order valence-corrected chi connectivity index (χ3v) is 11.2. The number of ether oxygens (including phenoxy) is 2. The maximum absolute atomic E-state index is 12.5. The zero-order valence-electron chi connectivity index (χ0n) is 30.8. The minimum Gasteiger partial charge on any atom is -0.381 e. The minimum absolute atomic E-state index is 0. The average molecular weight is 930 g/mol. The van der Waals surface area contributed by atoms with E-state index in [2.05, 4.69) is 48.8 Å². The summed E-state index contributed by atoms with van der Waals surface area (Å²) in [6.45, 7) is 5.07. The van der Waals surface area contributed by atoms with Crippen molar-refractivity contribution in [2.75, 3.05) is 58.2 Å². The molecular weight excluding hydrogens is 881 g/mol. The molecule has 0 bridgehead atoms. The maximum atomic E-state index is 12.5. The number of hydrogen-bond acceptors (Lipinski definition) is 5. The van der Waals surface area contributed by atoms with E-state index in [-0.39, 0.29) is 35.8 Å². The quantitative estimate of drug-likeness (QED) is 0.122. The van der Waals surface area contributed by atoms with E-state index in [0.29, 0.717) is 43.3 Å². The summed E-state index contributed by atoms with van der Waals surface area (Å²) in [5.41, 5.74) is 4.84. The van der Waals surface area contributed by atoms with Crippen LogP contribution in [-0.4, -0.2) is 80.9 Å². The van der Waals surface area contributed by atoms with Crippen LogP contribution in [0.25, 0.3) is 0 Å². The third kappa shape index (κ3) is 13.1. The highest BCUT2D eigenvalue weighted by atomic mass is 127. The van der Waals surface area contributed by atoms with Crippen LogP contribution in [0, 0.1) is 0 Å². The number of nitrogens with one attached hydrogen (secondary N) is 2. The van der Waals surface area contributed by atoms with Gasteiger partial charge in [-0.3, -0.25) is 14.5 Å². The van der Waals surface area contributed by atoms with Crippen LogP contribution in [0.3, 0.4) is 0 Å². The Balaban J connectivity index is 0.000000236. The molecule has 8 nitrogen and oxygen atoms in total. The van der Waals surface area contributed by atoms with E-state index >= 15 is 0 Å². The van der Waals surface area contributed by atoms with E-state index in [9.17, 15) is 9.59 Å². The second kappa shape index (κ2) is 21.2. The SMILES string of the molecule is CN(Cc1cccc(NC(=O)c2ccc(Cl)c(Cl)c2)c1)C1CCOCC1.C[N+](C)(Cc1cccc(NC(=O)c2ccc(Cl)c(Cl)c2)c1)C1CCOCC1.I. The highest BCUT2D eigenvalue weighted by Gasteiger charge is 2.30. The summed E-state index contributed by atoms with van der Waals surface area (Å²) < 4.78 is 11.8. The van der Waals surface area contributed by atoms with E-state index in [0.717, 1.165) is 86.6 Å². The first-order valence-electron chi connectivity index (χ1n) is 17.8. The summed E-state index contributed by atoms with van der Waals surface area (Å²) in [5.74, 6) is -0.414. The highest BCUT2D eigenvalue weighted by Crippen LogP contribution is 2.26. The molecule has 2 fully saturated rings. The van der Waals surface area contributed by atoms with Gasteiger partial charge < -0.3 is 24.6 Å². The molecule has 6 rings (SSSR count). The molecule has 0 aliphatic carbocycles. The number of carbonyl (C=O) groups excluding carboxylic acids is 2. The van der Waals surface area contributed by atoms with E-state index in [4.69, 9.17) is 55.9 Å². The van der Waals surface area contributed by atoms with Gasteiger partial charge in [-0.25, -0.2) is 0 Å². The molecule has 54 heavy (non-hydrogen) atoms. The second-order valence-electron chi connectivity index (χ2n) is 14.1. The molecule has 0 unspecified atom stereocenters. The fourth-order valence-electron chi connectivity index (χ4n) is 6.70. The van der Waals surface area contributed by atoms with E-state index in [1.165, 1.54) is 5.56 Å². The van der Waals surface area contributed by atoms with Gasteiger partial charge in [0.25, 0.3) is 11.8 Å². The number of benzene rings is 4. The molecular formula is C41H48Cl4IN4O4+. The van der Waals surface area contributed by atoms with E-state index in [1.807, 2.05) is 36.4 Å². The fraction of sp³-hybridized carbons (Fsp3) is 0.366. The molecule has 4 aromatic carbocycles. The van der Waals surface area contributed by atoms with Gasteiger partial charge in [0, 0.05) is 66.7 Å². The van der Waals surface area contributed by atoms with Crippen LogP contribution in [0.5, 0.6) is 0 Å². The lowest BCUT2D eigenvalue weighted by Gasteiger charge is -2.40. The van der Waals surface area contributed by atoms with Crippen LogP contribution in [0.1, 0.15) is 57.5 Å². The van der Waals surface area contributed by atoms with Gasteiger partial charge >= 0.3 is 0 Å². The Hall–Kier alpha value is -2.45. The van der Waals surface area contributed by atoms with Gasteiger partial charge in [-0.15, -0.1) is 24.0 Å². The van der Waals surface area contributed by atoms with Crippen LogP contribution in [0.2, 0.25) is 20.1 Å². The molecule has 2 heterocycles. The van der Waals surface area contributed by atoms with Gasteiger partial charge in [0.1, 0.15) is 6.54 Å². The van der Waals surface area contributed by atoms with Crippen LogP contribution in [0.15, 0.2) is 84.9 Å². The number of nitrogens with zero attached hydrogens (tertiary/aromatic N) is 2. The Morgan fingerprint density at radius 3 is 1.63 bits per heavy atom. The van der Waals surface area contributed by atoms with Gasteiger partial charge in [0.15, 0.2) is 0 Å². The van der Waals surface area contributed by atoms with Crippen molar-refractivity contribution in [2.45, 2.75) is 50.9 Å². The zero-order valence-corrected chi connectivity index (χ0v) is 36.1. The summed E-state index contributed by atoms with van der Waals surface area (Å²) in [6, 6.07) is 26.8. The predicted octanol–water partition coefficient (Wildman–Crippen LogP) is 10.5. The smallest absolute Gasteiger partial charge is 0.255 e. The molecule has 2 N–H and O–H groups in total. The van der Waals surface area contributed by atoms with Crippen molar-refractivity contribution in [3.8, 4) is 0 Å². The highest BCUT2D eigenvalue weighted by molar-refractivity contribution is 14.0. The van der Waals surface area contributed by atoms with Crippen molar-refractivity contribution < 1.29 is 23.5 Å². The van der Waals surface area contributed by atoms with E-state index < -0.39 is 0 Å². The molecule has 4 aromatic rings. The van der Waals surface area contributed by atoms with Crippen molar-refractivity contribution in [3.63, 3.8) is 0 Å². The molecule has 2 aliphatic heterocycles. The lowest BCUT2D eigenvalue weighted by molar-refractivity contribution is -0.929. The van der Waals surface area contributed by atoms with Crippen LogP contribution >= 0.6 is 70.4 Å². The van der Waals surface area contributed by atoms with Crippen LogP contribution in [-0.2, 0) is 22.6 Å². The van der Waals surface area contributed by atoms with Gasteiger partial charge in [-0.1, -0.05) is 70.7 Å². The lowest BCUT2D eigenvalue weighted by atomic mass is 10.0. The monoisotopic (exact) mass is 927 g/mol. The first-order chi connectivity index (χ1) is 25.4. The van der Waals surface area contributed by atoms with Crippen LogP contribution < -0.4 is 10.6 Å². The van der Waals surface area contributed by atoms with Crippen LogP contribution in [0.4, 0.5) is 11.4 Å². The lowest BCUT2D eigenvalue weighted by Crippen LogP contribution is -2.50. The molecule has 2 saturated heterocycles. The second-order valence-corrected chi connectivity index (χ2v) is 15.7. The molecule has 2 amide bonds. The summed E-state index contributed by atoms with van der Waals surface area (Å²) in [6.07, 6.45) is 4.29. The van der Waals surface area contributed by atoms with Crippen molar-refractivity contribution in [3.05, 3.63) is 127 Å². The normalized spacial score (nSPS) is 15.1. The first kappa shape index (κ1) is 44.3. The Morgan fingerprint density at radius 2 is 1.13 bits per heavy atom. The summed E-state index contributed by atoms with van der Waals surface area (Å²) >= 11 is 23.8. The molecule has 0 saturated carbocycles. The number of anilines is 2. The maximum Gasteiger partial charge on any atom is 0.255 e. The molecule has 0 radical (unpaired) electrons. The largest absolute Gasteiger partial charge is 0.381 e. The van der Waals surface area contributed by atoms with Crippen molar-refractivity contribution in [1.29, 1.82) is 0 Å². The Bertz CT molecular complexity index is 1870. The Kier molecular flexibility index (Phi) is 17.4. The van der Waals surface area contributed by atoms with Crippen molar-refractivity contribution in [1.82, 2.24) is 4.90 Å². The summed E-state index contributed by atoms with van der Waals surface area (Å²) in [7, 11) is 6.66. The summed E-state index contributed by atoms with van der Waals surface area (Å²) in [5, 5.41) is 7.46. The molecule has 2 aliphatic rings. The molecule has 0 spiro atoms. The van der Waals surface area contributed by atoms with Gasteiger partial charge in [-0.05, 0) is 86.1 Å². The van der Waals surface area contributed by atoms with Crippen molar-refractivity contribution >= 4 is 93.6 Å². The number of rotatable bonds is 10. The Labute approximate surface area is 356 Å². The summed E-state index contributed by atoms with van der Waals surface area (Å²) in [4.78, 5) is 27.3. The number of halogens is 5. The van der Waals surface area contributed by atoms with Crippen molar-refractivity contribution in [2.24, 2.45) is 0 Å². The topological polar surface area (TPSA) is 79.9 Å². The first-order valence-corrected chi connectivity index (χ1v) is 19.3. The molecule has 13 heteroatoms. The molecule has 290 valence electrons. The number of hydrogen-bond donors (Lipinski definition) is 2. The third-order valence-electron chi connectivity index (χ3n) is 9.75. The van der Waals surface area contributed by atoms with Gasteiger partial charge in [0.2, 0.25) is 0 Å². The van der Waals surface area contributed by atoms with Gasteiger partial charge in [-0.2, -0.15) is 0 Å². The standard InChI is InChI=1S/C21H24Cl2N2O2.C20H22Cl2N2O2.HI/c1-25(2,18-8-10-27-11-9-18)14-15-4-3-5-17(12-15)24-21(26)16-6-7-19(22)20(23)13-16;1-24(17-7-9-26-10-8-17)13-14-3-2-4-16(11-14)23-20(25)15-5-6-18(21)19(22)12-15;/h3-7,12-13,18H,8-11,14H2,1-2H3;2-6,11-12,17H,7-10,13H2,1H3,(H,23,25);1H/p+1. The van der Waals surface area contributed by atoms with Gasteiger partial charge in [0.05, 0.1) is 53.4 Å². The Morgan fingerprint density at radius 1 is 0.667 bits per heavy atom. The zero-order chi connectivity index (χ0) is 38.0. The molecule has 0 aromatic heterocycles.